The number of aliphatic hydroxyl groups is 11. The highest BCUT2D eigenvalue weighted by Crippen LogP contribution is 2.33. The third-order valence-corrected chi connectivity index (χ3v) is 20.3. The summed E-state index contributed by atoms with van der Waals surface area (Å²) in [5.41, 5.74) is 0. The minimum atomic E-state index is -1.98. The number of ether oxygens (including phenoxy) is 6. The molecule has 0 radical (unpaired) electrons. The van der Waals surface area contributed by atoms with E-state index in [9.17, 15) is 61.0 Å². The molecule has 19 heteroatoms. The van der Waals surface area contributed by atoms with Crippen molar-refractivity contribution in [2.24, 2.45) is 0 Å². The van der Waals surface area contributed by atoms with E-state index in [2.05, 4.69) is 55.6 Å². The summed E-state index contributed by atoms with van der Waals surface area (Å²) >= 11 is 0. The molecule has 0 spiro atoms. The third kappa shape index (κ3) is 41.6. The number of carbonyl (C=O) groups excluding carboxylic acids is 1. The first kappa shape index (κ1) is 92.0. The second-order valence-electron chi connectivity index (χ2n) is 29.2. The largest absolute Gasteiger partial charge is 0.394 e. The number of carbonyl (C=O) groups is 1. The summed E-state index contributed by atoms with van der Waals surface area (Å²) in [6, 6.07) is -0.988. The molecular formula is C81H149NO18. The van der Waals surface area contributed by atoms with E-state index in [4.69, 9.17) is 28.4 Å². The Morgan fingerprint density at radius 1 is 0.360 bits per heavy atom. The average Bonchev–Trinajstić information content (AvgIpc) is 0.783. The van der Waals surface area contributed by atoms with E-state index < -0.39 is 124 Å². The van der Waals surface area contributed by atoms with Crippen molar-refractivity contribution in [3.63, 3.8) is 0 Å². The summed E-state index contributed by atoms with van der Waals surface area (Å²) in [6.07, 6.45) is 51.5. The predicted octanol–water partition coefficient (Wildman–Crippen LogP) is 13.7. The zero-order chi connectivity index (χ0) is 72.5. The van der Waals surface area contributed by atoms with Crippen molar-refractivity contribution >= 4 is 5.91 Å². The summed E-state index contributed by atoms with van der Waals surface area (Å²) in [7, 11) is 0. The molecule has 17 atom stereocenters. The zero-order valence-corrected chi connectivity index (χ0v) is 62.7. The van der Waals surface area contributed by atoms with Gasteiger partial charge in [-0.25, -0.2) is 0 Å². The molecule has 12 N–H and O–H groups in total. The summed E-state index contributed by atoms with van der Waals surface area (Å²) in [6.45, 7) is 1.72. The second kappa shape index (κ2) is 61.9. The lowest BCUT2D eigenvalue weighted by molar-refractivity contribution is -0.379. The van der Waals surface area contributed by atoms with Gasteiger partial charge in [0.2, 0.25) is 5.91 Å². The molecule has 0 saturated carbocycles. The van der Waals surface area contributed by atoms with Crippen molar-refractivity contribution in [1.82, 2.24) is 5.32 Å². The molecule has 0 bridgehead atoms. The molecule has 17 unspecified atom stereocenters. The molecule has 0 aromatic rings. The van der Waals surface area contributed by atoms with Crippen LogP contribution in [0.25, 0.3) is 0 Å². The van der Waals surface area contributed by atoms with Gasteiger partial charge in [0.1, 0.15) is 73.2 Å². The number of nitrogens with one attached hydrogen (secondary N) is 1. The van der Waals surface area contributed by atoms with Crippen LogP contribution in [0.1, 0.15) is 328 Å². The van der Waals surface area contributed by atoms with E-state index in [1.807, 2.05) is 6.08 Å². The molecule has 3 aliphatic rings. The van der Waals surface area contributed by atoms with Crippen molar-refractivity contribution in [3.05, 3.63) is 48.6 Å². The summed E-state index contributed by atoms with van der Waals surface area (Å²) in [4.78, 5) is 13.4. The molecule has 3 aliphatic heterocycles. The first-order valence-electron chi connectivity index (χ1n) is 40.9. The Morgan fingerprint density at radius 2 is 0.670 bits per heavy atom. The van der Waals surface area contributed by atoms with Gasteiger partial charge in [-0.05, 0) is 64.2 Å². The lowest BCUT2D eigenvalue weighted by Gasteiger charge is -2.48. The first-order chi connectivity index (χ1) is 48.8. The van der Waals surface area contributed by atoms with Crippen LogP contribution >= 0.6 is 0 Å². The fourth-order valence-electron chi connectivity index (χ4n) is 13.8. The van der Waals surface area contributed by atoms with Crippen LogP contribution in [0.15, 0.2) is 48.6 Å². The average molecular weight is 1430 g/mol. The molecular weight excluding hydrogens is 1270 g/mol. The molecule has 100 heavy (non-hydrogen) atoms. The normalized spacial score (nSPS) is 26.7. The topological polar surface area (TPSA) is 307 Å². The monoisotopic (exact) mass is 1420 g/mol. The van der Waals surface area contributed by atoms with Crippen LogP contribution in [0.2, 0.25) is 0 Å². The van der Waals surface area contributed by atoms with E-state index in [1.165, 1.54) is 250 Å². The van der Waals surface area contributed by atoms with Gasteiger partial charge in [-0.1, -0.05) is 306 Å². The van der Waals surface area contributed by atoms with E-state index in [1.54, 1.807) is 6.08 Å². The molecule has 0 aromatic heterocycles. The summed E-state index contributed by atoms with van der Waals surface area (Å²) in [5, 5.41) is 121. The Kier molecular flexibility index (Phi) is 56.9. The van der Waals surface area contributed by atoms with Crippen LogP contribution in [0.4, 0.5) is 0 Å². The number of rotatable bonds is 65. The fourth-order valence-corrected chi connectivity index (χ4v) is 13.8. The van der Waals surface area contributed by atoms with Crippen LogP contribution in [0, 0.1) is 0 Å². The number of hydrogen-bond donors (Lipinski definition) is 12. The molecule has 586 valence electrons. The first-order valence-corrected chi connectivity index (χ1v) is 40.9. The number of amides is 1. The van der Waals surface area contributed by atoms with Gasteiger partial charge in [0.05, 0.1) is 38.6 Å². The smallest absolute Gasteiger partial charge is 0.220 e. The Labute approximate surface area is 605 Å². The minimum Gasteiger partial charge on any atom is -0.394 e. The van der Waals surface area contributed by atoms with Crippen LogP contribution in [0.5, 0.6) is 0 Å². The highest BCUT2D eigenvalue weighted by atomic mass is 16.8. The second-order valence-corrected chi connectivity index (χ2v) is 29.2. The fraction of sp³-hybridized carbons (Fsp3) is 0.889. The van der Waals surface area contributed by atoms with Crippen molar-refractivity contribution in [2.45, 2.75) is 433 Å². The maximum Gasteiger partial charge on any atom is 0.220 e. The third-order valence-electron chi connectivity index (χ3n) is 20.3. The van der Waals surface area contributed by atoms with Gasteiger partial charge in [-0.15, -0.1) is 0 Å². The van der Waals surface area contributed by atoms with Crippen LogP contribution in [-0.2, 0) is 33.2 Å². The number of allylic oxidation sites excluding steroid dienone is 7. The minimum absolute atomic E-state index is 0.239. The van der Waals surface area contributed by atoms with Gasteiger partial charge >= 0.3 is 0 Å². The Bertz CT molecular complexity index is 1990. The summed E-state index contributed by atoms with van der Waals surface area (Å²) in [5.74, 6) is -0.281. The van der Waals surface area contributed by atoms with Crippen molar-refractivity contribution < 1.29 is 89.4 Å². The SMILES string of the molecule is CCCCCCC/C=C\C/C=C\CCCCCCCCCCCCCCCCCCCCCCCCCCCCCCCC(=O)NC(COC1OC(CO)C(OC2OC(CO)C(OC3OC(CO)C(O)C(O)C3O)C(O)C2O)C(O)C1O)C(O)/C=C/CC/C=C/CCCCCCCCCC. The maximum absolute atomic E-state index is 13.4. The van der Waals surface area contributed by atoms with E-state index in [0.29, 0.717) is 12.8 Å². The number of hydrogen-bond acceptors (Lipinski definition) is 18. The predicted molar refractivity (Wildman–Crippen MR) is 397 cm³/mol. The molecule has 0 aromatic carbocycles. The zero-order valence-electron chi connectivity index (χ0n) is 62.7. The van der Waals surface area contributed by atoms with E-state index in [0.717, 1.165) is 44.9 Å². The number of unbranched alkanes of at least 4 members (excludes halogenated alkanes) is 43. The Balaban J connectivity index is 1.27. The van der Waals surface area contributed by atoms with Gasteiger partial charge in [-0.2, -0.15) is 0 Å². The molecule has 3 heterocycles. The standard InChI is InChI=1S/C81H149NO18/c1-3-5-7-9-11-13-15-17-19-20-21-22-23-24-25-26-27-28-29-30-31-32-33-34-35-36-37-38-39-40-41-42-43-44-45-47-49-51-53-55-57-59-69(87)82-64(65(86)58-56-54-52-50-48-46-18-16-14-12-10-8-6-4-2)63-95-79-75(93)72(90)77(67(61-84)97-79)100-81-76(94)73(91)78(68(62-85)98-81)99-80-74(92)71(89)70(88)66(60-83)96-80/h15,17,20-21,48,50,56,58,64-68,70-81,83-86,88-94H,3-14,16,18-19,22-47,49,51-55,57,59-63H2,1-2H3,(H,82,87)/b17-15-,21-20-,50-48+,58-56+. The van der Waals surface area contributed by atoms with Crippen LogP contribution < -0.4 is 5.32 Å². The van der Waals surface area contributed by atoms with E-state index >= 15 is 0 Å². The van der Waals surface area contributed by atoms with Crippen molar-refractivity contribution in [3.8, 4) is 0 Å². The lowest BCUT2D eigenvalue weighted by atomic mass is 9.96. The molecule has 3 saturated heterocycles. The van der Waals surface area contributed by atoms with Crippen molar-refractivity contribution in [2.75, 3.05) is 26.4 Å². The van der Waals surface area contributed by atoms with E-state index in [-0.39, 0.29) is 18.9 Å². The maximum atomic E-state index is 13.4. The molecule has 1 amide bonds. The number of aliphatic hydroxyl groups excluding tert-OH is 11. The van der Waals surface area contributed by atoms with Gasteiger partial charge in [-0.3, -0.25) is 4.79 Å². The van der Waals surface area contributed by atoms with Gasteiger partial charge in [0, 0.05) is 6.42 Å². The van der Waals surface area contributed by atoms with Gasteiger partial charge < -0.3 is 89.9 Å². The molecule has 19 nitrogen and oxygen atoms in total. The van der Waals surface area contributed by atoms with Gasteiger partial charge in [0.15, 0.2) is 18.9 Å². The van der Waals surface area contributed by atoms with Crippen LogP contribution in [0.3, 0.4) is 0 Å². The summed E-state index contributed by atoms with van der Waals surface area (Å²) < 4.78 is 34.4. The molecule has 3 rings (SSSR count). The highest BCUT2D eigenvalue weighted by molar-refractivity contribution is 5.76. The molecule has 3 fully saturated rings. The van der Waals surface area contributed by atoms with Gasteiger partial charge in [0.25, 0.3) is 0 Å². The van der Waals surface area contributed by atoms with Crippen LogP contribution in [-0.4, -0.2) is 193 Å². The molecule has 0 aliphatic carbocycles. The Morgan fingerprint density at radius 3 is 1.06 bits per heavy atom. The quantitative estimate of drug-likeness (QED) is 0.0199. The highest BCUT2D eigenvalue weighted by Gasteiger charge is 2.54. The van der Waals surface area contributed by atoms with Crippen molar-refractivity contribution in [1.29, 1.82) is 0 Å². The Hall–Kier alpha value is -2.25. The lowest BCUT2D eigenvalue weighted by Crippen LogP contribution is -2.66.